The van der Waals surface area contributed by atoms with Crippen molar-refractivity contribution in [3.8, 4) is 0 Å². The lowest BCUT2D eigenvalue weighted by Gasteiger charge is -2.07. The highest BCUT2D eigenvalue weighted by molar-refractivity contribution is 5.99. The molecule has 5 heteroatoms. The zero-order valence-corrected chi connectivity index (χ0v) is 10.2. The van der Waals surface area contributed by atoms with Crippen LogP contribution in [0.2, 0.25) is 0 Å². The molecule has 1 aliphatic heterocycles. The van der Waals surface area contributed by atoms with Crippen LogP contribution >= 0.6 is 0 Å². The largest absolute Gasteiger partial charge is 0.383 e. The molecule has 0 bridgehead atoms. The molecule has 0 saturated carbocycles. The van der Waals surface area contributed by atoms with E-state index >= 15 is 0 Å². The molecule has 2 N–H and O–H groups in total. The summed E-state index contributed by atoms with van der Waals surface area (Å²) >= 11 is 0. The third-order valence-electron chi connectivity index (χ3n) is 3.24. The van der Waals surface area contributed by atoms with E-state index in [0.29, 0.717) is 23.9 Å². The first-order chi connectivity index (χ1) is 8.18. The highest BCUT2D eigenvalue weighted by Gasteiger charge is 2.17. The molecule has 2 heterocycles. The number of hydrogen-bond acceptors (Lipinski definition) is 4. The number of anilines is 1. The first-order valence-corrected chi connectivity index (χ1v) is 6.10. The standard InChI is InChI=1S/C12H19N3O2/c1-15-12(13)10(8-14-15)11(16)6-2-4-9-5-3-7-17-9/h8-9H,2-7,13H2,1H3. The first kappa shape index (κ1) is 12.1. The van der Waals surface area contributed by atoms with Gasteiger partial charge in [-0.3, -0.25) is 9.48 Å². The number of nitrogens with zero attached hydrogens (tertiary/aromatic N) is 2. The maximum absolute atomic E-state index is 11.9. The molecule has 0 spiro atoms. The Kier molecular flexibility index (Phi) is 3.78. The van der Waals surface area contributed by atoms with Crippen LogP contribution in [-0.4, -0.2) is 28.3 Å². The first-order valence-electron chi connectivity index (χ1n) is 6.10. The quantitative estimate of drug-likeness (QED) is 0.788. The summed E-state index contributed by atoms with van der Waals surface area (Å²) in [6, 6.07) is 0. The number of carbonyl (C=O) groups excluding carboxylic acids is 1. The van der Waals surface area contributed by atoms with Crippen LogP contribution in [0.5, 0.6) is 0 Å². The lowest BCUT2D eigenvalue weighted by atomic mass is 10.0. The Balaban J connectivity index is 1.79. The maximum atomic E-state index is 11.9. The Morgan fingerprint density at radius 1 is 1.71 bits per heavy atom. The van der Waals surface area contributed by atoms with Crippen molar-refractivity contribution in [2.24, 2.45) is 7.05 Å². The molecule has 1 aromatic heterocycles. The Hall–Kier alpha value is -1.36. The minimum atomic E-state index is 0.0774. The number of nitrogens with two attached hydrogens (primary N) is 1. The van der Waals surface area contributed by atoms with E-state index in [1.165, 1.54) is 4.68 Å². The van der Waals surface area contributed by atoms with Crippen molar-refractivity contribution < 1.29 is 9.53 Å². The van der Waals surface area contributed by atoms with E-state index in [0.717, 1.165) is 32.3 Å². The summed E-state index contributed by atoms with van der Waals surface area (Å²) in [6.45, 7) is 0.869. The molecule has 0 radical (unpaired) electrons. The molecule has 5 nitrogen and oxygen atoms in total. The molecule has 2 rings (SSSR count). The van der Waals surface area contributed by atoms with Crippen LogP contribution in [-0.2, 0) is 11.8 Å². The summed E-state index contributed by atoms with van der Waals surface area (Å²) < 4.78 is 7.04. The van der Waals surface area contributed by atoms with Gasteiger partial charge in [0.15, 0.2) is 5.78 Å². The molecule has 0 aliphatic carbocycles. The smallest absolute Gasteiger partial charge is 0.168 e. The molecule has 17 heavy (non-hydrogen) atoms. The third kappa shape index (κ3) is 2.85. The summed E-state index contributed by atoms with van der Waals surface area (Å²) in [5.41, 5.74) is 6.29. The van der Waals surface area contributed by atoms with Crippen LogP contribution in [0.1, 0.15) is 42.5 Å². The van der Waals surface area contributed by atoms with Crippen molar-refractivity contribution >= 4 is 11.6 Å². The second-order valence-corrected chi connectivity index (χ2v) is 4.52. The lowest BCUT2D eigenvalue weighted by Crippen LogP contribution is -2.08. The highest BCUT2D eigenvalue weighted by atomic mass is 16.5. The van der Waals surface area contributed by atoms with E-state index < -0.39 is 0 Å². The van der Waals surface area contributed by atoms with Crippen LogP contribution < -0.4 is 5.73 Å². The van der Waals surface area contributed by atoms with E-state index in [1.807, 2.05) is 0 Å². The molecule has 1 fully saturated rings. The fraction of sp³-hybridized carbons (Fsp3) is 0.667. The monoisotopic (exact) mass is 237 g/mol. The Morgan fingerprint density at radius 3 is 3.12 bits per heavy atom. The number of carbonyl (C=O) groups is 1. The van der Waals surface area contributed by atoms with Crippen molar-refractivity contribution in [1.82, 2.24) is 9.78 Å². The SMILES string of the molecule is Cn1ncc(C(=O)CCCC2CCCO2)c1N. The molecule has 94 valence electrons. The van der Waals surface area contributed by atoms with Crippen molar-refractivity contribution in [2.45, 2.75) is 38.2 Å². The van der Waals surface area contributed by atoms with Gasteiger partial charge in [0.05, 0.1) is 17.9 Å². The maximum Gasteiger partial charge on any atom is 0.168 e. The van der Waals surface area contributed by atoms with Crippen molar-refractivity contribution in [3.63, 3.8) is 0 Å². The van der Waals surface area contributed by atoms with Crippen LogP contribution in [0.25, 0.3) is 0 Å². The molecule has 1 aromatic rings. The highest BCUT2D eigenvalue weighted by Crippen LogP contribution is 2.19. The Bertz CT molecular complexity index is 394. The summed E-state index contributed by atoms with van der Waals surface area (Å²) in [5, 5.41) is 3.97. The minimum absolute atomic E-state index is 0.0774. The van der Waals surface area contributed by atoms with Crippen LogP contribution in [0.3, 0.4) is 0 Å². The predicted octanol–water partition coefficient (Wildman–Crippen LogP) is 1.53. The number of aryl methyl sites for hydroxylation is 1. The molecule has 1 aliphatic rings. The molecular formula is C12H19N3O2. The van der Waals surface area contributed by atoms with Gasteiger partial charge in [0.2, 0.25) is 0 Å². The van der Waals surface area contributed by atoms with Crippen molar-refractivity contribution in [3.05, 3.63) is 11.8 Å². The normalized spacial score (nSPS) is 19.7. The van der Waals surface area contributed by atoms with Gasteiger partial charge in [0.25, 0.3) is 0 Å². The minimum Gasteiger partial charge on any atom is -0.383 e. The number of aromatic nitrogens is 2. The van der Waals surface area contributed by atoms with Gasteiger partial charge in [-0.15, -0.1) is 0 Å². The van der Waals surface area contributed by atoms with Gasteiger partial charge in [-0.05, 0) is 25.7 Å². The zero-order chi connectivity index (χ0) is 12.3. The number of rotatable bonds is 5. The van der Waals surface area contributed by atoms with E-state index in [4.69, 9.17) is 10.5 Å². The summed E-state index contributed by atoms with van der Waals surface area (Å²) in [4.78, 5) is 11.9. The molecule has 1 atom stereocenters. The molecular weight excluding hydrogens is 218 g/mol. The van der Waals surface area contributed by atoms with Gasteiger partial charge < -0.3 is 10.5 Å². The second kappa shape index (κ2) is 5.31. The van der Waals surface area contributed by atoms with Gasteiger partial charge in [-0.25, -0.2) is 0 Å². The van der Waals surface area contributed by atoms with Crippen LogP contribution in [0, 0.1) is 0 Å². The number of ether oxygens (including phenoxy) is 1. The molecule has 0 aromatic carbocycles. The third-order valence-corrected chi connectivity index (χ3v) is 3.24. The number of hydrogen-bond donors (Lipinski definition) is 1. The summed E-state index contributed by atoms with van der Waals surface area (Å²) in [5.74, 6) is 0.528. The molecule has 1 unspecified atom stereocenters. The van der Waals surface area contributed by atoms with E-state index in [2.05, 4.69) is 5.10 Å². The van der Waals surface area contributed by atoms with Gasteiger partial charge in [0.1, 0.15) is 5.82 Å². The summed E-state index contributed by atoms with van der Waals surface area (Å²) in [6.07, 6.45) is 6.52. The molecule has 1 saturated heterocycles. The fourth-order valence-electron chi connectivity index (χ4n) is 2.16. The van der Waals surface area contributed by atoms with Crippen LogP contribution in [0.15, 0.2) is 6.20 Å². The lowest BCUT2D eigenvalue weighted by molar-refractivity contribution is 0.0923. The van der Waals surface area contributed by atoms with E-state index in [-0.39, 0.29) is 5.78 Å². The molecule has 0 amide bonds. The average molecular weight is 237 g/mol. The van der Waals surface area contributed by atoms with E-state index in [1.54, 1.807) is 13.2 Å². The van der Waals surface area contributed by atoms with Gasteiger partial charge in [-0.2, -0.15) is 5.10 Å². The van der Waals surface area contributed by atoms with Crippen molar-refractivity contribution in [1.29, 1.82) is 0 Å². The summed E-state index contributed by atoms with van der Waals surface area (Å²) in [7, 11) is 1.73. The van der Waals surface area contributed by atoms with Gasteiger partial charge in [0, 0.05) is 20.1 Å². The number of nitrogen functional groups attached to an aromatic ring is 1. The topological polar surface area (TPSA) is 70.1 Å². The Morgan fingerprint density at radius 2 is 2.53 bits per heavy atom. The van der Waals surface area contributed by atoms with Gasteiger partial charge >= 0.3 is 0 Å². The Labute approximate surface area is 101 Å². The zero-order valence-electron chi connectivity index (χ0n) is 10.2. The second-order valence-electron chi connectivity index (χ2n) is 4.52. The number of Topliss-reactive ketones (excluding diaryl/α,β-unsaturated/α-hetero) is 1. The van der Waals surface area contributed by atoms with Crippen molar-refractivity contribution in [2.75, 3.05) is 12.3 Å². The predicted molar refractivity (Wildman–Crippen MR) is 64.8 cm³/mol. The number of ketones is 1. The van der Waals surface area contributed by atoms with E-state index in [9.17, 15) is 4.79 Å². The van der Waals surface area contributed by atoms with Gasteiger partial charge in [-0.1, -0.05) is 0 Å². The average Bonchev–Trinajstić information content (AvgIpc) is 2.91. The fourth-order valence-corrected chi connectivity index (χ4v) is 2.16. The van der Waals surface area contributed by atoms with Crippen LogP contribution in [0.4, 0.5) is 5.82 Å².